The molecule has 1 aliphatic rings. The summed E-state index contributed by atoms with van der Waals surface area (Å²) in [6.07, 6.45) is 14.1. The van der Waals surface area contributed by atoms with Crippen LogP contribution in [0.25, 0.3) is 0 Å². The summed E-state index contributed by atoms with van der Waals surface area (Å²) in [6, 6.07) is 0.382. The number of terminal acetylenes is 1. The first-order valence-electron chi connectivity index (χ1n) is 5.88. The molecule has 15 heavy (non-hydrogen) atoms. The molecular weight excluding hydrogens is 204 g/mol. The summed E-state index contributed by atoms with van der Waals surface area (Å²) in [4.78, 5) is 0. The maximum absolute atomic E-state index is 5.50. The number of rotatable bonds is 6. The van der Waals surface area contributed by atoms with Crippen molar-refractivity contribution < 1.29 is 0 Å². The fourth-order valence-corrected chi connectivity index (χ4v) is 3.39. The fourth-order valence-electron chi connectivity index (χ4n) is 1.96. The molecule has 3 N–H and O–H groups in total. The van der Waals surface area contributed by atoms with Gasteiger partial charge in [0.15, 0.2) is 0 Å². The van der Waals surface area contributed by atoms with E-state index in [1.54, 1.807) is 0 Å². The number of thioether (sulfide) groups is 1. The van der Waals surface area contributed by atoms with E-state index in [1.165, 1.54) is 32.1 Å². The summed E-state index contributed by atoms with van der Waals surface area (Å²) in [7, 11) is 0. The summed E-state index contributed by atoms with van der Waals surface area (Å²) in [5.74, 6) is 9.26. The Hall–Kier alpha value is -0.170. The van der Waals surface area contributed by atoms with E-state index in [4.69, 9.17) is 12.3 Å². The third kappa shape index (κ3) is 5.46. The van der Waals surface area contributed by atoms with Crippen molar-refractivity contribution in [2.24, 2.45) is 5.84 Å². The lowest BCUT2D eigenvalue weighted by Gasteiger charge is -2.23. The molecule has 0 bridgehead atoms. The third-order valence-electron chi connectivity index (χ3n) is 2.96. The number of hydrogen-bond donors (Lipinski definition) is 2. The van der Waals surface area contributed by atoms with E-state index in [1.807, 2.05) is 0 Å². The van der Waals surface area contributed by atoms with Gasteiger partial charge in [0, 0.05) is 23.5 Å². The molecule has 1 rings (SSSR count). The highest BCUT2D eigenvalue weighted by atomic mass is 32.2. The van der Waals surface area contributed by atoms with Crippen LogP contribution in [0.15, 0.2) is 0 Å². The lowest BCUT2D eigenvalue weighted by molar-refractivity contribution is 0.510. The van der Waals surface area contributed by atoms with Crippen LogP contribution < -0.4 is 11.3 Å². The smallest absolute Gasteiger partial charge is 0.0310 e. The van der Waals surface area contributed by atoms with Crippen LogP contribution in [0.5, 0.6) is 0 Å². The van der Waals surface area contributed by atoms with E-state index >= 15 is 0 Å². The Kier molecular flexibility index (Phi) is 6.91. The maximum atomic E-state index is 5.50. The van der Waals surface area contributed by atoms with Crippen LogP contribution in [0.3, 0.4) is 0 Å². The third-order valence-corrected chi connectivity index (χ3v) is 4.50. The van der Waals surface area contributed by atoms with Crippen LogP contribution in [0.4, 0.5) is 0 Å². The van der Waals surface area contributed by atoms with E-state index in [9.17, 15) is 0 Å². The Morgan fingerprint density at radius 2 is 2.13 bits per heavy atom. The van der Waals surface area contributed by atoms with Gasteiger partial charge in [0.05, 0.1) is 0 Å². The van der Waals surface area contributed by atoms with E-state index in [0.29, 0.717) is 6.04 Å². The van der Waals surface area contributed by atoms with E-state index in [0.717, 1.165) is 23.8 Å². The van der Waals surface area contributed by atoms with E-state index < -0.39 is 0 Å². The Bertz CT molecular complexity index is 194. The molecule has 0 spiro atoms. The highest BCUT2D eigenvalue weighted by molar-refractivity contribution is 7.99. The average Bonchev–Trinajstić information content (AvgIpc) is 2.31. The molecule has 3 heteroatoms. The van der Waals surface area contributed by atoms with Gasteiger partial charge in [-0.15, -0.1) is 12.3 Å². The molecule has 86 valence electrons. The van der Waals surface area contributed by atoms with Gasteiger partial charge in [-0.25, -0.2) is 0 Å². The van der Waals surface area contributed by atoms with Crippen LogP contribution in [0, 0.1) is 12.3 Å². The summed E-state index contributed by atoms with van der Waals surface area (Å²) < 4.78 is 0. The number of nitrogens with one attached hydrogen (secondary N) is 1. The molecule has 0 aliphatic heterocycles. The lowest BCUT2D eigenvalue weighted by atomic mass is 10.0. The molecule has 0 amide bonds. The van der Waals surface area contributed by atoms with E-state index in [2.05, 4.69) is 23.1 Å². The summed E-state index contributed by atoms with van der Waals surface area (Å²) in [5.41, 5.74) is 2.86. The minimum absolute atomic E-state index is 0.382. The molecule has 1 unspecified atom stereocenters. The zero-order valence-electron chi connectivity index (χ0n) is 9.37. The summed E-state index contributed by atoms with van der Waals surface area (Å²) in [6.45, 7) is 0. The van der Waals surface area contributed by atoms with Gasteiger partial charge in [-0.2, -0.15) is 11.8 Å². The van der Waals surface area contributed by atoms with Crippen molar-refractivity contribution in [2.45, 2.75) is 56.2 Å². The first-order chi connectivity index (χ1) is 7.36. The maximum Gasteiger partial charge on any atom is 0.0310 e. The monoisotopic (exact) mass is 226 g/mol. The molecule has 1 fully saturated rings. The topological polar surface area (TPSA) is 38.0 Å². The molecule has 0 heterocycles. The predicted octanol–water partition coefficient (Wildman–Crippen LogP) is 2.30. The van der Waals surface area contributed by atoms with Crippen molar-refractivity contribution in [3.05, 3.63) is 0 Å². The van der Waals surface area contributed by atoms with Crippen molar-refractivity contribution in [3.8, 4) is 12.3 Å². The van der Waals surface area contributed by atoms with Gasteiger partial charge in [0.1, 0.15) is 0 Å². The summed E-state index contributed by atoms with van der Waals surface area (Å²) in [5, 5.41) is 0.862. The van der Waals surface area contributed by atoms with Crippen LogP contribution in [-0.4, -0.2) is 17.0 Å². The quantitative estimate of drug-likeness (QED) is 0.414. The first kappa shape index (κ1) is 12.9. The normalized spacial score (nSPS) is 19.7. The van der Waals surface area contributed by atoms with Gasteiger partial charge in [0.25, 0.3) is 0 Å². The van der Waals surface area contributed by atoms with Crippen molar-refractivity contribution >= 4 is 11.8 Å². The van der Waals surface area contributed by atoms with Crippen LogP contribution in [0.2, 0.25) is 0 Å². The number of hydrogen-bond acceptors (Lipinski definition) is 3. The molecule has 0 radical (unpaired) electrons. The molecule has 2 nitrogen and oxygen atoms in total. The Labute approximate surface area is 97.7 Å². The van der Waals surface area contributed by atoms with Gasteiger partial charge in [-0.3, -0.25) is 11.3 Å². The molecular formula is C12H22N2S. The average molecular weight is 226 g/mol. The van der Waals surface area contributed by atoms with Gasteiger partial charge >= 0.3 is 0 Å². The minimum atomic E-state index is 0.382. The Balaban J connectivity index is 2.12. The van der Waals surface area contributed by atoms with E-state index in [-0.39, 0.29) is 0 Å². The molecule has 1 saturated carbocycles. The van der Waals surface area contributed by atoms with Crippen LogP contribution in [0.1, 0.15) is 44.9 Å². The van der Waals surface area contributed by atoms with Crippen molar-refractivity contribution in [1.82, 2.24) is 5.43 Å². The van der Waals surface area contributed by atoms with Gasteiger partial charge in [-0.1, -0.05) is 19.3 Å². The zero-order valence-corrected chi connectivity index (χ0v) is 10.2. The molecule has 0 aromatic heterocycles. The molecule has 1 aliphatic carbocycles. The van der Waals surface area contributed by atoms with Crippen molar-refractivity contribution in [2.75, 3.05) is 5.75 Å². The molecule has 0 aromatic rings. The largest absolute Gasteiger partial charge is 0.271 e. The standard InChI is InChI=1S/C12H22N2S/c1-2-3-7-11(14-13)10-15-12-8-5-4-6-9-12/h1,11-12,14H,3-10,13H2. The van der Waals surface area contributed by atoms with Crippen molar-refractivity contribution in [3.63, 3.8) is 0 Å². The predicted molar refractivity (Wildman–Crippen MR) is 68.5 cm³/mol. The number of hydrazine groups is 1. The SMILES string of the molecule is C#CCCC(CSC1CCCCC1)NN. The summed E-state index contributed by atoms with van der Waals surface area (Å²) >= 11 is 2.07. The molecule has 0 saturated heterocycles. The first-order valence-corrected chi connectivity index (χ1v) is 6.93. The minimum Gasteiger partial charge on any atom is -0.271 e. The molecule has 1 atom stereocenters. The highest BCUT2D eigenvalue weighted by Gasteiger charge is 2.15. The second-order valence-corrected chi connectivity index (χ2v) is 5.53. The van der Waals surface area contributed by atoms with Gasteiger partial charge < -0.3 is 0 Å². The molecule has 0 aromatic carbocycles. The lowest BCUT2D eigenvalue weighted by Crippen LogP contribution is -2.37. The Morgan fingerprint density at radius 1 is 1.40 bits per heavy atom. The van der Waals surface area contributed by atoms with Crippen molar-refractivity contribution in [1.29, 1.82) is 0 Å². The van der Waals surface area contributed by atoms with Crippen LogP contribution >= 0.6 is 11.8 Å². The fraction of sp³-hybridized carbons (Fsp3) is 0.833. The van der Waals surface area contributed by atoms with Gasteiger partial charge in [0.2, 0.25) is 0 Å². The number of nitrogens with two attached hydrogens (primary N) is 1. The second kappa shape index (κ2) is 8.04. The van der Waals surface area contributed by atoms with Gasteiger partial charge in [-0.05, 0) is 19.3 Å². The zero-order chi connectivity index (χ0) is 10.9. The highest BCUT2D eigenvalue weighted by Crippen LogP contribution is 2.28. The Morgan fingerprint density at radius 3 is 2.73 bits per heavy atom. The van der Waals surface area contributed by atoms with Crippen LogP contribution in [-0.2, 0) is 0 Å². The second-order valence-electron chi connectivity index (χ2n) is 4.20.